The fraction of sp³-hybridized carbons (Fsp3) is 0.450. The molecule has 0 spiro atoms. The molecule has 6 nitrogen and oxygen atoms in total. The van der Waals surface area contributed by atoms with Crippen molar-refractivity contribution < 1.29 is 9.21 Å². The first kappa shape index (κ1) is 19.3. The number of carbonyl (C=O) groups excluding carboxylic acids is 1. The lowest BCUT2D eigenvalue weighted by Crippen LogP contribution is -2.24. The van der Waals surface area contributed by atoms with E-state index in [0.29, 0.717) is 12.3 Å². The number of hydrogen-bond acceptors (Lipinski definition) is 6. The second-order valence-corrected chi connectivity index (χ2v) is 9.00. The van der Waals surface area contributed by atoms with Gasteiger partial charge in [-0.1, -0.05) is 18.7 Å². The molecule has 0 fully saturated rings. The maximum atomic E-state index is 12.1. The number of carbonyl (C=O) groups is 1. The summed E-state index contributed by atoms with van der Waals surface area (Å²) in [6.07, 6.45) is 5.11. The van der Waals surface area contributed by atoms with Crippen LogP contribution in [0.1, 0.15) is 36.5 Å². The van der Waals surface area contributed by atoms with E-state index in [1.807, 2.05) is 23.5 Å². The predicted molar refractivity (Wildman–Crippen MR) is 111 cm³/mol. The molecule has 3 aromatic rings. The van der Waals surface area contributed by atoms with Crippen LogP contribution in [-0.2, 0) is 30.7 Å². The number of thiophene rings is 1. The van der Waals surface area contributed by atoms with Crippen molar-refractivity contribution in [3.05, 3.63) is 40.0 Å². The number of nitrogens with zero attached hydrogens (tertiary/aromatic N) is 3. The Morgan fingerprint density at radius 3 is 3.14 bits per heavy atom. The smallest absolute Gasteiger partial charge is 0.230 e. The number of rotatable bonds is 7. The SMILES string of the molecule is CCn1c(SCC(=O)NCc2ccco2)nnc1-c1csc2c1CCC(C)C2. The topological polar surface area (TPSA) is 73.0 Å². The molecule has 0 saturated heterocycles. The molecule has 0 radical (unpaired) electrons. The van der Waals surface area contributed by atoms with E-state index in [1.54, 1.807) is 6.26 Å². The van der Waals surface area contributed by atoms with Crippen molar-refractivity contribution in [2.45, 2.75) is 51.4 Å². The zero-order valence-corrected chi connectivity index (χ0v) is 17.7. The Labute approximate surface area is 172 Å². The molecule has 28 heavy (non-hydrogen) atoms. The molecule has 0 aromatic carbocycles. The maximum Gasteiger partial charge on any atom is 0.230 e. The number of amides is 1. The molecule has 0 aliphatic heterocycles. The van der Waals surface area contributed by atoms with Gasteiger partial charge in [-0.25, -0.2) is 0 Å². The normalized spacial score (nSPS) is 16.1. The van der Waals surface area contributed by atoms with Crippen LogP contribution in [0.5, 0.6) is 0 Å². The molecular weight excluding hydrogens is 392 g/mol. The first-order valence-electron chi connectivity index (χ1n) is 9.60. The van der Waals surface area contributed by atoms with Gasteiger partial charge in [0, 0.05) is 22.4 Å². The summed E-state index contributed by atoms with van der Waals surface area (Å²) < 4.78 is 7.35. The van der Waals surface area contributed by atoms with Gasteiger partial charge < -0.3 is 14.3 Å². The second kappa shape index (κ2) is 8.53. The molecule has 1 aliphatic carbocycles. The lowest BCUT2D eigenvalue weighted by molar-refractivity contribution is -0.118. The molecule has 0 bridgehead atoms. The van der Waals surface area contributed by atoms with Crippen molar-refractivity contribution in [3.8, 4) is 11.4 Å². The molecule has 0 saturated carbocycles. The number of thioether (sulfide) groups is 1. The maximum absolute atomic E-state index is 12.1. The molecule has 1 amide bonds. The summed E-state index contributed by atoms with van der Waals surface area (Å²) >= 11 is 3.26. The van der Waals surface area contributed by atoms with Crippen LogP contribution in [0.15, 0.2) is 33.3 Å². The van der Waals surface area contributed by atoms with Gasteiger partial charge in [0.2, 0.25) is 5.91 Å². The van der Waals surface area contributed by atoms with E-state index in [1.165, 1.54) is 34.2 Å². The van der Waals surface area contributed by atoms with Crippen molar-refractivity contribution in [1.82, 2.24) is 20.1 Å². The highest BCUT2D eigenvalue weighted by Crippen LogP contribution is 2.38. The van der Waals surface area contributed by atoms with E-state index in [2.05, 4.69) is 39.3 Å². The van der Waals surface area contributed by atoms with Crippen molar-refractivity contribution in [3.63, 3.8) is 0 Å². The third kappa shape index (κ3) is 4.03. The van der Waals surface area contributed by atoms with Crippen molar-refractivity contribution in [2.75, 3.05) is 5.75 Å². The van der Waals surface area contributed by atoms with Gasteiger partial charge in [-0.3, -0.25) is 4.79 Å². The van der Waals surface area contributed by atoms with Crippen LogP contribution in [0.25, 0.3) is 11.4 Å². The second-order valence-electron chi connectivity index (χ2n) is 7.09. The molecule has 148 valence electrons. The van der Waals surface area contributed by atoms with Crippen molar-refractivity contribution in [1.29, 1.82) is 0 Å². The molecule has 1 aliphatic rings. The van der Waals surface area contributed by atoms with Gasteiger partial charge in [-0.05, 0) is 49.8 Å². The van der Waals surface area contributed by atoms with Crippen LogP contribution < -0.4 is 5.32 Å². The van der Waals surface area contributed by atoms with Gasteiger partial charge in [-0.2, -0.15) is 0 Å². The fourth-order valence-corrected chi connectivity index (χ4v) is 5.60. The molecular formula is C20H24N4O2S2. The minimum atomic E-state index is -0.0458. The molecule has 3 heterocycles. The summed E-state index contributed by atoms with van der Waals surface area (Å²) in [5.74, 6) is 2.68. The molecule has 1 atom stereocenters. The van der Waals surface area contributed by atoms with Gasteiger partial charge in [0.05, 0.1) is 18.6 Å². The Hall–Kier alpha value is -2.06. The average molecular weight is 417 g/mol. The number of aromatic nitrogens is 3. The summed E-state index contributed by atoms with van der Waals surface area (Å²) in [6.45, 7) is 5.59. The summed E-state index contributed by atoms with van der Waals surface area (Å²) in [4.78, 5) is 13.6. The fourth-order valence-electron chi connectivity index (χ4n) is 3.52. The Bertz CT molecular complexity index is 946. The first-order chi connectivity index (χ1) is 13.7. The van der Waals surface area contributed by atoms with Crippen molar-refractivity contribution >= 4 is 29.0 Å². The predicted octanol–water partition coefficient (Wildman–Crippen LogP) is 4.15. The summed E-state index contributed by atoms with van der Waals surface area (Å²) in [5.41, 5.74) is 2.66. The monoisotopic (exact) mass is 416 g/mol. The van der Waals surface area contributed by atoms with E-state index in [9.17, 15) is 4.79 Å². The Morgan fingerprint density at radius 2 is 2.36 bits per heavy atom. The molecule has 4 rings (SSSR count). The van der Waals surface area contributed by atoms with Crippen LogP contribution >= 0.6 is 23.1 Å². The third-order valence-corrected chi connectivity index (χ3v) is 7.07. The van der Waals surface area contributed by atoms with Gasteiger partial charge >= 0.3 is 0 Å². The average Bonchev–Trinajstić information content (AvgIpc) is 3.43. The molecule has 1 N–H and O–H groups in total. The quantitative estimate of drug-likeness (QED) is 0.586. The van der Waals surface area contributed by atoms with Gasteiger partial charge in [0.25, 0.3) is 0 Å². The van der Waals surface area contributed by atoms with Crippen LogP contribution in [0.2, 0.25) is 0 Å². The van der Waals surface area contributed by atoms with E-state index in [4.69, 9.17) is 4.42 Å². The van der Waals surface area contributed by atoms with Crippen LogP contribution in [0.4, 0.5) is 0 Å². The van der Waals surface area contributed by atoms with Gasteiger partial charge in [0.15, 0.2) is 11.0 Å². The lowest BCUT2D eigenvalue weighted by Gasteiger charge is -2.19. The minimum absolute atomic E-state index is 0.0458. The van der Waals surface area contributed by atoms with E-state index < -0.39 is 0 Å². The molecule has 8 heteroatoms. The zero-order valence-electron chi connectivity index (χ0n) is 16.1. The minimum Gasteiger partial charge on any atom is -0.467 e. The Morgan fingerprint density at radius 1 is 1.46 bits per heavy atom. The van der Waals surface area contributed by atoms with Crippen LogP contribution in [0, 0.1) is 5.92 Å². The zero-order chi connectivity index (χ0) is 19.5. The highest BCUT2D eigenvalue weighted by molar-refractivity contribution is 7.99. The summed E-state index contributed by atoms with van der Waals surface area (Å²) in [7, 11) is 0. The first-order valence-corrected chi connectivity index (χ1v) is 11.5. The van der Waals surface area contributed by atoms with Crippen molar-refractivity contribution in [2.24, 2.45) is 5.92 Å². The van der Waals surface area contributed by atoms with E-state index in [-0.39, 0.29) is 5.91 Å². The molecule has 3 aromatic heterocycles. The summed E-state index contributed by atoms with van der Waals surface area (Å²) in [5, 5.41) is 14.7. The lowest BCUT2D eigenvalue weighted by atomic mass is 9.88. The standard InChI is InChI=1S/C20H24N4O2S2/c1-3-24-19(16-11-27-17-9-13(2)6-7-15(16)17)22-23-20(24)28-12-18(25)21-10-14-5-4-8-26-14/h4-5,8,11,13H,3,6-7,9-10,12H2,1-2H3,(H,21,25). The van der Waals surface area contributed by atoms with Crippen LogP contribution in [0.3, 0.4) is 0 Å². The molecule has 1 unspecified atom stereocenters. The number of nitrogens with one attached hydrogen (secondary N) is 1. The number of furan rings is 1. The van der Waals surface area contributed by atoms with E-state index >= 15 is 0 Å². The Kier molecular flexibility index (Phi) is 5.87. The Balaban J connectivity index is 1.44. The highest BCUT2D eigenvalue weighted by Gasteiger charge is 2.24. The summed E-state index contributed by atoms with van der Waals surface area (Å²) in [6, 6.07) is 3.65. The van der Waals surface area contributed by atoms with E-state index in [0.717, 1.165) is 42.0 Å². The third-order valence-electron chi connectivity index (χ3n) is 5.05. The number of hydrogen-bond donors (Lipinski definition) is 1. The largest absolute Gasteiger partial charge is 0.467 e. The van der Waals surface area contributed by atoms with Gasteiger partial charge in [-0.15, -0.1) is 21.5 Å². The highest BCUT2D eigenvalue weighted by atomic mass is 32.2. The number of fused-ring (bicyclic) bond motifs is 1. The van der Waals surface area contributed by atoms with Crippen LogP contribution in [-0.4, -0.2) is 26.4 Å². The van der Waals surface area contributed by atoms with Gasteiger partial charge in [0.1, 0.15) is 5.76 Å².